The number of benzene rings is 2. The van der Waals surface area contributed by atoms with Gasteiger partial charge in [-0.2, -0.15) is 0 Å². The Bertz CT molecular complexity index is 896. The first kappa shape index (κ1) is 17.6. The van der Waals surface area contributed by atoms with Gasteiger partial charge in [0.25, 0.3) is 0 Å². The van der Waals surface area contributed by atoms with Crippen LogP contribution in [0.5, 0.6) is 5.75 Å². The number of hydrogen-bond donors (Lipinski definition) is 0. The molecule has 0 saturated heterocycles. The Balaban J connectivity index is 1.97. The van der Waals surface area contributed by atoms with Crippen LogP contribution in [-0.2, 0) is 6.54 Å². The highest BCUT2D eigenvalue weighted by Crippen LogP contribution is 2.33. The van der Waals surface area contributed by atoms with Crippen molar-refractivity contribution in [1.29, 1.82) is 0 Å². The monoisotopic (exact) mass is 387 g/mol. The zero-order valence-corrected chi connectivity index (χ0v) is 14.0. The number of ether oxygens (including phenoxy) is 1. The molecular formula is C16H10Cl2F3N3O. The van der Waals surface area contributed by atoms with Gasteiger partial charge in [-0.05, 0) is 18.2 Å². The van der Waals surface area contributed by atoms with Gasteiger partial charge in [-0.25, -0.2) is 0 Å². The van der Waals surface area contributed by atoms with E-state index in [-0.39, 0.29) is 12.3 Å². The highest BCUT2D eigenvalue weighted by molar-refractivity contribution is 6.43. The Morgan fingerprint density at radius 1 is 1.04 bits per heavy atom. The van der Waals surface area contributed by atoms with Gasteiger partial charge in [0.2, 0.25) is 0 Å². The Morgan fingerprint density at radius 2 is 1.80 bits per heavy atom. The largest absolute Gasteiger partial charge is 0.573 e. The molecule has 3 rings (SSSR count). The molecule has 0 spiro atoms. The maximum absolute atomic E-state index is 12.6. The predicted molar refractivity (Wildman–Crippen MR) is 87.7 cm³/mol. The summed E-state index contributed by atoms with van der Waals surface area (Å²) in [5.74, 6) is 0.0983. The highest BCUT2D eigenvalue weighted by Gasteiger charge is 2.32. The molecule has 0 aliphatic carbocycles. The Morgan fingerprint density at radius 3 is 2.56 bits per heavy atom. The zero-order valence-electron chi connectivity index (χ0n) is 12.5. The number of rotatable bonds is 4. The molecule has 3 aromatic rings. The molecule has 130 valence electrons. The lowest BCUT2D eigenvalue weighted by Crippen LogP contribution is -2.18. The van der Waals surface area contributed by atoms with E-state index in [1.54, 1.807) is 28.8 Å². The second-order valence-corrected chi connectivity index (χ2v) is 5.82. The fourth-order valence-electron chi connectivity index (χ4n) is 2.30. The second-order valence-electron chi connectivity index (χ2n) is 5.04. The molecule has 25 heavy (non-hydrogen) atoms. The van der Waals surface area contributed by atoms with Crippen molar-refractivity contribution in [2.45, 2.75) is 12.9 Å². The van der Waals surface area contributed by atoms with Gasteiger partial charge in [-0.15, -0.1) is 23.4 Å². The average Bonchev–Trinajstić information content (AvgIpc) is 2.98. The summed E-state index contributed by atoms with van der Waals surface area (Å²) in [7, 11) is 0. The van der Waals surface area contributed by atoms with Crippen LogP contribution in [0, 0.1) is 0 Å². The van der Waals surface area contributed by atoms with E-state index in [0.717, 1.165) is 0 Å². The van der Waals surface area contributed by atoms with Crippen molar-refractivity contribution in [1.82, 2.24) is 14.8 Å². The third-order valence-electron chi connectivity index (χ3n) is 3.35. The molecule has 0 aliphatic heterocycles. The van der Waals surface area contributed by atoms with Crippen molar-refractivity contribution >= 4 is 23.2 Å². The summed E-state index contributed by atoms with van der Waals surface area (Å²) < 4.78 is 43.3. The van der Waals surface area contributed by atoms with Crippen molar-refractivity contribution in [3.63, 3.8) is 0 Å². The van der Waals surface area contributed by atoms with E-state index in [4.69, 9.17) is 23.2 Å². The molecule has 4 nitrogen and oxygen atoms in total. The third-order valence-corrected chi connectivity index (χ3v) is 4.17. The van der Waals surface area contributed by atoms with Gasteiger partial charge in [0.05, 0.1) is 16.6 Å². The van der Waals surface area contributed by atoms with Crippen molar-refractivity contribution in [3.8, 4) is 17.1 Å². The van der Waals surface area contributed by atoms with Gasteiger partial charge >= 0.3 is 6.36 Å². The van der Waals surface area contributed by atoms with Crippen molar-refractivity contribution in [2.24, 2.45) is 0 Å². The van der Waals surface area contributed by atoms with Crippen LogP contribution in [0.2, 0.25) is 10.0 Å². The minimum absolute atomic E-state index is 0.0669. The summed E-state index contributed by atoms with van der Waals surface area (Å²) >= 11 is 12.2. The first-order valence-electron chi connectivity index (χ1n) is 7.01. The summed E-state index contributed by atoms with van der Waals surface area (Å²) in [6.07, 6.45) is -3.38. The average molecular weight is 388 g/mol. The van der Waals surface area contributed by atoms with Gasteiger partial charge in [-0.3, -0.25) is 0 Å². The number of aromatic nitrogens is 3. The minimum Gasteiger partial charge on any atom is -0.405 e. The summed E-state index contributed by atoms with van der Waals surface area (Å²) in [5, 5.41) is 8.45. The van der Waals surface area contributed by atoms with E-state index in [1.165, 1.54) is 24.5 Å². The quantitative estimate of drug-likeness (QED) is 0.617. The molecule has 0 saturated carbocycles. The van der Waals surface area contributed by atoms with Gasteiger partial charge in [0.15, 0.2) is 5.82 Å². The fourth-order valence-corrected chi connectivity index (χ4v) is 2.68. The van der Waals surface area contributed by atoms with E-state index in [9.17, 15) is 13.2 Å². The molecule has 9 heteroatoms. The lowest BCUT2D eigenvalue weighted by Gasteiger charge is -2.14. The number of halogens is 5. The molecule has 0 fully saturated rings. The van der Waals surface area contributed by atoms with Crippen molar-refractivity contribution < 1.29 is 17.9 Å². The lowest BCUT2D eigenvalue weighted by atomic mass is 10.1. The lowest BCUT2D eigenvalue weighted by molar-refractivity contribution is -0.274. The molecule has 0 N–H and O–H groups in total. The summed E-state index contributed by atoms with van der Waals surface area (Å²) in [6, 6.07) is 10.9. The third kappa shape index (κ3) is 4.05. The van der Waals surface area contributed by atoms with Crippen LogP contribution in [0.1, 0.15) is 5.56 Å². The number of alkyl halides is 3. The van der Waals surface area contributed by atoms with E-state index < -0.39 is 6.36 Å². The Hall–Kier alpha value is -2.25. The molecule has 0 radical (unpaired) electrons. The molecule has 1 heterocycles. The van der Waals surface area contributed by atoms with E-state index in [1.807, 2.05) is 0 Å². The highest BCUT2D eigenvalue weighted by atomic mass is 35.5. The standard InChI is InChI=1S/C16H10Cl2F3N3O/c17-12-6-3-5-11(14(12)18)15-23-22-9-24(15)8-10-4-1-2-7-13(10)25-16(19,20)21/h1-7,9H,8H2. The van der Waals surface area contributed by atoms with Gasteiger partial charge < -0.3 is 9.30 Å². The molecule has 0 atom stereocenters. The summed E-state index contributed by atoms with van der Waals surface area (Å²) in [4.78, 5) is 0. The van der Waals surface area contributed by atoms with Crippen LogP contribution in [0.15, 0.2) is 48.8 Å². The number of para-hydroxylation sites is 1. The first-order valence-corrected chi connectivity index (χ1v) is 7.76. The van der Waals surface area contributed by atoms with Crippen LogP contribution in [0.4, 0.5) is 13.2 Å². The fraction of sp³-hybridized carbons (Fsp3) is 0.125. The normalized spacial score (nSPS) is 11.6. The van der Waals surface area contributed by atoms with Crippen LogP contribution in [-0.4, -0.2) is 21.1 Å². The maximum atomic E-state index is 12.6. The molecule has 0 unspecified atom stereocenters. The molecule has 0 amide bonds. The van der Waals surface area contributed by atoms with Gasteiger partial charge in [-0.1, -0.05) is 47.5 Å². The topological polar surface area (TPSA) is 39.9 Å². The summed E-state index contributed by atoms with van der Waals surface area (Å²) in [6.45, 7) is 0.0669. The maximum Gasteiger partial charge on any atom is 0.573 e. The van der Waals surface area contributed by atoms with E-state index in [0.29, 0.717) is 27.0 Å². The van der Waals surface area contributed by atoms with Crippen LogP contribution >= 0.6 is 23.2 Å². The first-order chi connectivity index (χ1) is 11.8. The predicted octanol–water partition coefficient (Wildman–Crippen LogP) is 5.20. The Labute approximate surface area is 150 Å². The zero-order chi connectivity index (χ0) is 18.0. The van der Waals surface area contributed by atoms with Crippen LogP contribution in [0.3, 0.4) is 0 Å². The molecule has 0 bridgehead atoms. The van der Waals surface area contributed by atoms with Crippen molar-refractivity contribution in [2.75, 3.05) is 0 Å². The van der Waals surface area contributed by atoms with E-state index in [2.05, 4.69) is 14.9 Å². The molecule has 0 aliphatic rings. The molecule has 2 aromatic carbocycles. The second kappa shape index (κ2) is 6.93. The van der Waals surface area contributed by atoms with Crippen LogP contribution in [0.25, 0.3) is 11.4 Å². The Kier molecular flexibility index (Phi) is 4.87. The number of nitrogens with zero attached hydrogens (tertiary/aromatic N) is 3. The number of hydrogen-bond acceptors (Lipinski definition) is 3. The van der Waals surface area contributed by atoms with Gasteiger partial charge in [0.1, 0.15) is 12.1 Å². The summed E-state index contributed by atoms with van der Waals surface area (Å²) in [5.41, 5.74) is 0.847. The smallest absolute Gasteiger partial charge is 0.405 e. The van der Waals surface area contributed by atoms with Crippen molar-refractivity contribution in [3.05, 3.63) is 64.4 Å². The van der Waals surface area contributed by atoms with Gasteiger partial charge in [0, 0.05) is 11.1 Å². The molecule has 1 aromatic heterocycles. The molecular weight excluding hydrogens is 378 g/mol. The van der Waals surface area contributed by atoms with Crippen LogP contribution < -0.4 is 4.74 Å². The minimum atomic E-state index is -4.78. The van der Waals surface area contributed by atoms with E-state index >= 15 is 0 Å². The SMILES string of the molecule is FC(F)(F)Oc1ccccc1Cn1cnnc1-c1cccc(Cl)c1Cl.